The van der Waals surface area contributed by atoms with E-state index in [4.69, 9.17) is 14.9 Å². The maximum atomic E-state index is 14.9. The number of ether oxygens (including phenoxy) is 1. The zero-order chi connectivity index (χ0) is 27.9. The van der Waals surface area contributed by atoms with Gasteiger partial charge in [-0.1, -0.05) is 11.3 Å². The Balaban J connectivity index is 1.01. The minimum Gasteiger partial charge on any atom is -0.485 e. The molecule has 7 rings (SSSR count). The minimum absolute atomic E-state index is 0.134. The van der Waals surface area contributed by atoms with Crippen molar-refractivity contribution in [1.29, 1.82) is 0 Å². The SMILES string of the molecule is Nc1nc2c(sc(=O)n2CCN2CCN(c3ccc(OCc4nc[nH]n4)cc3F)CC2)c2nc(-c3ccco3)nn12. The summed E-state index contributed by atoms with van der Waals surface area (Å²) in [5.41, 5.74) is 7.66. The molecule has 0 radical (unpaired) electrons. The van der Waals surface area contributed by atoms with Gasteiger partial charge in [-0.3, -0.25) is 19.4 Å². The van der Waals surface area contributed by atoms with Crippen molar-refractivity contribution in [3.8, 4) is 17.3 Å². The number of aromatic nitrogens is 8. The number of anilines is 2. The van der Waals surface area contributed by atoms with E-state index in [-0.39, 0.29) is 23.2 Å². The van der Waals surface area contributed by atoms with Crippen molar-refractivity contribution in [2.45, 2.75) is 13.2 Å². The maximum Gasteiger partial charge on any atom is 0.309 e. The number of nitrogens with two attached hydrogens (primary N) is 1. The number of nitrogen functional groups attached to an aromatic ring is 1. The summed E-state index contributed by atoms with van der Waals surface area (Å²) < 4.78 is 29.6. The van der Waals surface area contributed by atoms with Gasteiger partial charge in [-0.2, -0.15) is 14.6 Å². The quantitative estimate of drug-likeness (QED) is 0.272. The number of rotatable bonds is 8. The van der Waals surface area contributed by atoms with Crippen LogP contribution >= 0.6 is 11.3 Å². The van der Waals surface area contributed by atoms with Crippen LogP contribution in [0.4, 0.5) is 16.0 Å². The Morgan fingerprint density at radius 3 is 2.76 bits per heavy atom. The molecule has 6 heterocycles. The second-order valence-electron chi connectivity index (χ2n) is 9.44. The van der Waals surface area contributed by atoms with Gasteiger partial charge in [0.1, 0.15) is 29.2 Å². The lowest BCUT2D eigenvalue weighted by molar-refractivity contribution is 0.248. The zero-order valence-corrected chi connectivity index (χ0v) is 22.4. The molecule has 16 heteroatoms. The van der Waals surface area contributed by atoms with Crippen molar-refractivity contribution >= 4 is 39.0 Å². The summed E-state index contributed by atoms with van der Waals surface area (Å²) >= 11 is 1.07. The Morgan fingerprint density at radius 1 is 1.12 bits per heavy atom. The van der Waals surface area contributed by atoms with Crippen LogP contribution in [0, 0.1) is 5.82 Å². The smallest absolute Gasteiger partial charge is 0.309 e. The molecular weight excluding hydrogens is 553 g/mol. The Hall–Kier alpha value is -4.83. The second-order valence-corrected chi connectivity index (χ2v) is 10.4. The van der Waals surface area contributed by atoms with Crippen molar-refractivity contribution in [3.05, 3.63) is 64.2 Å². The van der Waals surface area contributed by atoms with Crippen LogP contribution in [0.25, 0.3) is 27.6 Å². The third kappa shape index (κ3) is 4.76. The molecule has 0 unspecified atom stereocenters. The average molecular weight is 578 g/mol. The standard InChI is InChI=1S/C25H24FN11O3S/c26-16-12-15(40-13-19-28-14-29-32-19)3-4-17(16)35-8-5-34(6-9-35)7-10-36-22-20(41-25(36)38)23-30-21(18-2-1-11-39-18)33-37(23)24(27)31-22/h1-4,11-12,14H,5-10,13H2,(H2,27,31)(H,28,29,32). The van der Waals surface area contributed by atoms with E-state index >= 15 is 0 Å². The van der Waals surface area contributed by atoms with Crippen LogP contribution in [0.3, 0.4) is 0 Å². The average Bonchev–Trinajstić information content (AvgIpc) is 3.79. The number of halogens is 1. The molecule has 3 N–H and O–H groups in total. The van der Waals surface area contributed by atoms with Crippen molar-refractivity contribution in [2.24, 2.45) is 0 Å². The highest BCUT2D eigenvalue weighted by atomic mass is 32.1. The molecule has 14 nitrogen and oxygen atoms in total. The lowest BCUT2D eigenvalue weighted by atomic mass is 10.2. The maximum absolute atomic E-state index is 14.9. The number of fused-ring (bicyclic) bond motifs is 3. The molecule has 41 heavy (non-hydrogen) atoms. The number of furan rings is 1. The number of hydrogen-bond donors (Lipinski definition) is 2. The molecule has 1 aliphatic heterocycles. The second kappa shape index (κ2) is 10.3. The van der Waals surface area contributed by atoms with E-state index in [1.807, 2.05) is 4.90 Å². The first-order valence-corrected chi connectivity index (χ1v) is 13.7. The minimum atomic E-state index is -0.346. The van der Waals surface area contributed by atoms with Gasteiger partial charge in [0.25, 0.3) is 0 Å². The number of H-pyrrole nitrogens is 1. The van der Waals surface area contributed by atoms with E-state index in [0.29, 0.717) is 71.0 Å². The van der Waals surface area contributed by atoms with Crippen molar-refractivity contribution in [1.82, 2.24) is 44.2 Å². The molecule has 1 aromatic carbocycles. The third-order valence-corrected chi connectivity index (χ3v) is 7.93. The molecule has 0 saturated carbocycles. The number of nitrogens with one attached hydrogen (secondary N) is 1. The number of nitrogens with zero attached hydrogens (tertiary/aromatic N) is 9. The van der Waals surface area contributed by atoms with Crippen molar-refractivity contribution in [2.75, 3.05) is 43.4 Å². The van der Waals surface area contributed by atoms with E-state index in [2.05, 4.69) is 35.1 Å². The first-order chi connectivity index (χ1) is 20.0. The molecule has 1 saturated heterocycles. The van der Waals surface area contributed by atoms with E-state index < -0.39 is 0 Å². The van der Waals surface area contributed by atoms with Gasteiger partial charge >= 0.3 is 4.87 Å². The summed E-state index contributed by atoms with van der Waals surface area (Å²) in [7, 11) is 0. The van der Waals surface area contributed by atoms with Crippen LogP contribution < -0.4 is 20.2 Å². The zero-order valence-electron chi connectivity index (χ0n) is 21.6. The normalized spacial score (nSPS) is 14.4. The Labute approximate surface area is 234 Å². The van der Waals surface area contributed by atoms with Crippen LogP contribution in [0.2, 0.25) is 0 Å². The fraction of sp³-hybridized carbons (Fsp3) is 0.280. The van der Waals surface area contributed by atoms with Crippen molar-refractivity contribution < 1.29 is 13.5 Å². The lowest BCUT2D eigenvalue weighted by Crippen LogP contribution is -2.47. The molecule has 1 fully saturated rings. The third-order valence-electron chi connectivity index (χ3n) is 6.96. The predicted molar refractivity (Wildman–Crippen MR) is 148 cm³/mol. The largest absolute Gasteiger partial charge is 0.485 e. The lowest BCUT2D eigenvalue weighted by Gasteiger charge is -2.36. The highest BCUT2D eigenvalue weighted by Crippen LogP contribution is 2.27. The summed E-state index contributed by atoms with van der Waals surface area (Å²) in [4.78, 5) is 30.1. The molecule has 6 aromatic rings. The molecule has 0 spiro atoms. The Kier molecular flexibility index (Phi) is 6.31. The summed E-state index contributed by atoms with van der Waals surface area (Å²) in [6, 6.07) is 8.35. The molecular formula is C25H24FN11O3S. The molecule has 0 amide bonds. The van der Waals surface area contributed by atoms with Gasteiger partial charge < -0.3 is 19.8 Å². The first-order valence-electron chi connectivity index (χ1n) is 12.9. The van der Waals surface area contributed by atoms with Gasteiger partial charge in [0.15, 0.2) is 22.9 Å². The van der Waals surface area contributed by atoms with E-state index in [9.17, 15) is 9.18 Å². The monoisotopic (exact) mass is 577 g/mol. The van der Waals surface area contributed by atoms with Crippen LogP contribution in [-0.2, 0) is 13.2 Å². The van der Waals surface area contributed by atoms with Crippen LogP contribution in [0.5, 0.6) is 5.75 Å². The van der Waals surface area contributed by atoms with E-state index in [1.54, 1.807) is 28.8 Å². The molecule has 0 bridgehead atoms. The Morgan fingerprint density at radius 2 is 2.00 bits per heavy atom. The van der Waals surface area contributed by atoms with Gasteiger partial charge in [-0.05, 0) is 24.3 Å². The number of benzene rings is 1. The topological polar surface area (TPSA) is 162 Å². The van der Waals surface area contributed by atoms with Gasteiger partial charge in [0, 0.05) is 45.3 Å². The number of thiazole rings is 1. The van der Waals surface area contributed by atoms with E-state index in [0.717, 1.165) is 24.4 Å². The first kappa shape index (κ1) is 25.2. The fourth-order valence-electron chi connectivity index (χ4n) is 4.88. The highest BCUT2D eigenvalue weighted by Gasteiger charge is 2.22. The van der Waals surface area contributed by atoms with Crippen molar-refractivity contribution in [3.63, 3.8) is 0 Å². The van der Waals surface area contributed by atoms with Gasteiger partial charge in [-0.15, -0.1) is 5.10 Å². The van der Waals surface area contributed by atoms with Gasteiger partial charge in [-0.25, -0.2) is 14.4 Å². The van der Waals surface area contributed by atoms with Gasteiger partial charge in [0.2, 0.25) is 11.8 Å². The molecule has 1 aliphatic rings. The summed E-state index contributed by atoms with van der Waals surface area (Å²) in [6.45, 7) is 3.95. The van der Waals surface area contributed by atoms with Crippen LogP contribution in [-0.4, -0.2) is 77.0 Å². The highest BCUT2D eigenvalue weighted by molar-refractivity contribution is 7.17. The summed E-state index contributed by atoms with van der Waals surface area (Å²) in [5, 5.41) is 10.9. The summed E-state index contributed by atoms with van der Waals surface area (Å²) in [5.74, 6) is 1.56. The molecule has 0 aliphatic carbocycles. The van der Waals surface area contributed by atoms with Crippen LogP contribution in [0.15, 0.2) is 52.1 Å². The number of piperazine rings is 1. The molecule has 5 aromatic heterocycles. The summed E-state index contributed by atoms with van der Waals surface area (Å²) in [6.07, 6.45) is 3.00. The molecule has 210 valence electrons. The van der Waals surface area contributed by atoms with E-state index in [1.165, 1.54) is 23.2 Å². The molecule has 0 atom stereocenters. The number of aromatic amines is 1. The number of hydrogen-bond acceptors (Lipinski definition) is 12. The van der Waals surface area contributed by atoms with Gasteiger partial charge in [0.05, 0.1) is 12.0 Å². The Bertz CT molecular complexity index is 1870. The van der Waals surface area contributed by atoms with Crippen LogP contribution in [0.1, 0.15) is 5.82 Å². The predicted octanol–water partition coefficient (Wildman–Crippen LogP) is 2.00. The fourth-order valence-corrected chi connectivity index (χ4v) is 5.81.